The number of benzene rings is 2. The summed E-state index contributed by atoms with van der Waals surface area (Å²) in [5, 5.41) is 21.6. The van der Waals surface area contributed by atoms with E-state index >= 15 is 0 Å². The second-order valence-corrected chi connectivity index (χ2v) is 7.36. The highest BCUT2D eigenvalue weighted by Gasteiger charge is 2.39. The number of methoxy groups -OCH3 is 3. The molecule has 0 saturated heterocycles. The second-order valence-electron chi connectivity index (χ2n) is 7.36. The van der Waals surface area contributed by atoms with Crippen molar-refractivity contribution in [1.82, 2.24) is 4.90 Å². The van der Waals surface area contributed by atoms with Crippen molar-refractivity contribution < 1.29 is 33.9 Å². The Hall–Kier alpha value is -2.68. The predicted molar refractivity (Wildman–Crippen MR) is 109 cm³/mol. The van der Waals surface area contributed by atoms with Gasteiger partial charge in [-0.05, 0) is 36.7 Å². The number of hydrogen-bond donors (Lipinski definition) is 2. The summed E-state index contributed by atoms with van der Waals surface area (Å²) in [5.41, 5.74) is 2.97. The Balaban J connectivity index is 1.86. The third kappa shape index (κ3) is 3.12. The lowest BCUT2D eigenvalue weighted by atomic mass is 9.84. The molecule has 2 aromatic carbocycles. The van der Waals surface area contributed by atoms with E-state index in [1.807, 2.05) is 13.1 Å². The Morgan fingerprint density at radius 1 is 1.13 bits per heavy atom. The van der Waals surface area contributed by atoms with E-state index < -0.39 is 12.1 Å². The summed E-state index contributed by atoms with van der Waals surface area (Å²) in [6.45, 7) is 0.593. The molecule has 0 fully saturated rings. The third-order valence-corrected chi connectivity index (χ3v) is 5.91. The van der Waals surface area contributed by atoms with Gasteiger partial charge in [0.2, 0.25) is 12.5 Å². The van der Waals surface area contributed by atoms with Crippen LogP contribution in [-0.4, -0.2) is 56.8 Å². The number of ether oxygens (including phenoxy) is 5. The highest BCUT2D eigenvalue weighted by molar-refractivity contribution is 5.62. The molecule has 0 spiro atoms. The lowest BCUT2D eigenvalue weighted by Crippen LogP contribution is -2.36. The first kappa shape index (κ1) is 20.6. The van der Waals surface area contributed by atoms with Gasteiger partial charge in [-0.15, -0.1) is 0 Å². The van der Waals surface area contributed by atoms with Gasteiger partial charge < -0.3 is 33.9 Å². The SMILES string of the molecule is COc1ccc([C@H](O)[C@@H]2c3c(cc4c(c3OC)OCO4)CCN2C)c(CO)c1OC. The van der Waals surface area contributed by atoms with Crippen molar-refractivity contribution in [2.75, 3.05) is 41.7 Å². The highest BCUT2D eigenvalue weighted by Crippen LogP contribution is 2.52. The van der Waals surface area contributed by atoms with Crippen LogP contribution in [0.4, 0.5) is 0 Å². The highest BCUT2D eigenvalue weighted by atomic mass is 16.7. The van der Waals surface area contributed by atoms with Crippen molar-refractivity contribution in [2.45, 2.75) is 25.2 Å². The molecule has 2 N–H and O–H groups in total. The van der Waals surface area contributed by atoms with E-state index in [1.54, 1.807) is 19.2 Å². The second kappa shape index (κ2) is 8.22. The molecule has 0 radical (unpaired) electrons. The standard InChI is InChI=1S/C22H27NO7/c1-23-8-7-12-9-16-21(30-11-29-16)22(28-4)17(12)18(23)19(25)13-5-6-15(26-2)20(27-3)14(13)10-24/h5-6,9,18-19,24-25H,7-8,10-11H2,1-4H3/t18-,19-/m0/s1. The molecule has 30 heavy (non-hydrogen) atoms. The average Bonchev–Trinajstić information content (AvgIpc) is 3.24. The van der Waals surface area contributed by atoms with Crippen molar-refractivity contribution in [3.05, 3.63) is 40.5 Å². The summed E-state index contributed by atoms with van der Waals surface area (Å²) in [7, 11) is 6.60. The zero-order chi connectivity index (χ0) is 21.4. The van der Waals surface area contributed by atoms with E-state index in [9.17, 15) is 10.2 Å². The van der Waals surface area contributed by atoms with Crippen molar-refractivity contribution in [1.29, 1.82) is 0 Å². The van der Waals surface area contributed by atoms with Crippen LogP contribution in [0.25, 0.3) is 0 Å². The van der Waals surface area contributed by atoms with Crippen LogP contribution in [0, 0.1) is 0 Å². The van der Waals surface area contributed by atoms with Crippen LogP contribution < -0.4 is 23.7 Å². The first-order valence-electron chi connectivity index (χ1n) is 9.77. The quantitative estimate of drug-likeness (QED) is 0.740. The fourth-order valence-corrected chi connectivity index (χ4v) is 4.48. The van der Waals surface area contributed by atoms with Crippen molar-refractivity contribution in [3.8, 4) is 28.7 Å². The van der Waals surface area contributed by atoms with Gasteiger partial charge in [-0.3, -0.25) is 4.90 Å². The smallest absolute Gasteiger partial charge is 0.231 e. The summed E-state index contributed by atoms with van der Waals surface area (Å²) in [6, 6.07) is 5.05. The number of likely N-dealkylation sites (N-methyl/N-ethyl adjacent to an activating group) is 1. The van der Waals surface area contributed by atoms with E-state index in [2.05, 4.69) is 4.90 Å². The Labute approximate surface area is 175 Å². The number of nitrogens with zero attached hydrogens (tertiary/aromatic N) is 1. The normalized spacial score (nSPS) is 18.7. The molecule has 0 saturated carbocycles. The van der Waals surface area contributed by atoms with Gasteiger partial charge in [0.15, 0.2) is 23.0 Å². The van der Waals surface area contributed by atoms with Crippen LogP contribution in [0.5, 0.6) is 28.7 Å². The summed E-state index contributed by atoms with van der Waals surface area (Å²) >= 11 is 0. The molecular weight excluding hydrogens is 390 g/mol. The van der Waals surface area contributed by atoms with Crippen LogP contribution in [0.1, 0.15) is 34.4 Å². The van der Waals surface area contributed by atoms with Crippen molar-refractivity contribution in [2.24, 2.45) is 0 Å². The molecule has 2 aliphatic heterocycles. The summed E-state index contributed by atoms with van der Waals surface area (Å²) in [4.78, 5) is 2.08. The minimum Gasteiger partial charge on any atom is -0.493 e. The Bertz CT molecular complexity index is 946. The molecule has 2 aliphatic rings. The van der Waals surface area contributed by atoms with E-state index in [1.165, 1.54) is 14.2 Å². The average molecular weight is 417 g/mol. The maximum Gasteiger partial charge on any atom is 0.231 e. The zero-order valence-corrected chi connectivity index (χ0v) is 17.6. The number of rotatable bonds is 6. The Morgan fingerprint density at radius 3 is 2.57 bits per heavy atom. The van der Waals surface area contributed by atoms with Crippen LogP contribution in [0.2, 0.25) is 0 Å². The maximum atomic E-state index is 11.5. The molecule has 4 rings (SSSR count). The third-order valence-electron chi connectivity index (χ3n) is 5.91. The van der Waals surface area contributed by atoms with E-state index in [0.29, 0.717) is 39.9 Å². The number of hydrogen-bond acceptors (Lipinski definition) is 8. The van der Waals surface area contributed by atoms with Crippen LogP contribution >= 0.6 is 0 Å². The fourth-order valence-electron chi connectivity index (χ4n) is 4.48. The maximum absolute atomic E-state index is 11.5. The monoisotopic (exact) mass is 417 g/mol. The molecule has 8 nitrogen and oxygen atoms in total. The molecule has 2 heterocycles. The van der Waals surface area contributed by atoms with Crippen molar-refractivity contribution in [3.63, 3.8) is 0 Å². The summed E-state index contributed by atoms with van der Waals surface area (Å²) in [5.74, 6) is 2.69. The van der Waals surface area contributed by atoms with Gasteiger partial charge in [0, 0.05) is 17.7 Å². The molecule has 8 heteroatoms. The number of aliphatic hydroxyl groups excluding tert-OH is 2. The molecule has 2 atom stereocenters. The minimum absolute atomic E-state index is 0.141. The molecule has 162 valence electrons. The van der Waals surface area contributed by atoms with Gasteiger partial charge in [-0.1, -0.05) is 6.07 Å². The lowest BCUT2D eigenvalue weighted by Gasteiger charge is -2.39. The van der Waals surface area contributed by atoms with E-state index in [4.69, 9.17) is 23.7 Å². The molecule has 0 bridgehead atoms. The minimum atomic E-state index is -0.953. The van der Waals surface area contributed by atoms with Crippen LogP contribution in [0.3, 0.4) is 0 Å². The largest absolute Gasteiger partial charge is 0.493 e. The van der Waals surface area contributed by atoms with E-state index in [-0.39, 0.29) is 13.4 Å². The lowest BCUT2D eigenvalue weighted by molar-refractivity contribution is 0.0524. The first-order chi connectivity index (χ1) is 14.5. The fraction of sp³-hybridized carbons (Fsp3) is 0.455. The molecule has 2 aromatic rings. The van der Waals surface area contributed by atoms with Gasteiger partial charge in [0.25, 0.3) is 0 Å². The predicted octanol–water partition coefficient (Wildman–Crippen LogP) is 2.20. The number of fused-ring (bicyclic) bond motifs is 2. The first-order valence-corrected chi connectivity index (χ1v) is 9.77. The molecule has 0 aliphatic carbocycles. The topological polar surface area (TPSA) is 89.9 Å². The summed E-state index contributed by atoms with van der Waals surface area (Å²) in [6.07, 6.45) is -0.161. The molecule has 0 unspecified atom stereocenters. The van der Waals surface area contributed by atoms with Crippen LogP contribution in [-0.2, 0) is 13.0 Å². The van der Waals surface area contributed by atoms with Crippen LogP contribution in [0.15, 0.2) is 18.2 Å². The molecule has 0 aromatic heterocycles. The Morgan fingerprint density at radius 2 is 1.90 bits per heavy atom. The van der Waals surface area contributed by atoms with Gasteiger partial charge in [0.05, 0.1) is 40.1 Å². The molecular formula is C22H27NO7. The zero-order valence-electron chi connectivity index (χ0n) is 17.6. The van der Waals surface area contributed by atoms with Gasteiger partial charge in [-0.25, -0.2) is 0 Å². The Kier molecular flexibility index (Phi) is 5.64. The van der Waals surface area contributed by atoms with Gasteiger partial charge in [-0.2, -0.15) is 0 Å². The van der Waals surface area contributed by atoms with E-state index in [0.717, 1.165) is 24.1 Å². The molecule has 0 amide bonds. The van der Waals surface area contributed by atoms with Crippen molar-refractivity contribution >= 4 is 0 Å². The number of aliphatic hydroxyl groups is 2. The summed E-state index contributed by atoms with van der Waals surface area (Å²) < 4.78 is 27.7. The van der Waals surface area contributed by atoms with Gasteiger partial charge in [0.1, 0.15) is 0 Å². The van der Waals surface area contributed by atoms with Gasteiger partial charge >= 0.3 is 0 Å².